The van der Waals surface area contributed by atoms with E-state index >= 15 is 0 Å². The Bertz CT molecular complexity index is 294. The van der Waals surface area contributed by atoms with Crippen molar-refractivity contribution in [3.63, 3.8) is 0 Å². The fourth-order valence-electron chi connectivity index (χ4n) is 1.70. The van der Waals surface area contributed by atoms with Crippen LogP contribution in [0.5, 0.6) is 0 Å². The van der Waals surface area contributed by atoms with Crippen molar-refractivity contribution in [2.24, 2.45) is 5.41 Å². The maximum atomic E-state index is 11.6. The summed E-state index contributed by atoms with van der Waals surface area (Å²) in [5.74, 6) is -0.853. The monoisotopic (exact) mass is 290 g/mol. The van der Waals surface area contributed by atoms with Crippen LogP contribution in [0.25, 0.3) is 0 Å². The Morgan fingerprint density at radius 2 is 1.84 bits per heavy atom. The van der Waals surface area contributed by atoms with Gasteiger partial charge in [0.15, 0.2) is 0 Å². The number of hydrogen-bond acceptors (Lipinski definition) is 3. The van der Waals surface area contributed by atoms with E-state index in [-0.39, 0.29) is 12.6 Å². The molecule has 1 unspecified atom stereocenters. The molecule has 0 aliphatic carbocycles. The highest BCUT2D eigenvalue weighted by atomic mass is 32.2. The molecule has 6 heteroatoms. The molecule has 0 aromatic carbocycles. The molecular weight excluding hydrogens is 264 g/mol. The first-order valence-corrected chi connectivity index (χ1v) is 7.98. The highest BCUT2D eigenvalue weighted by molar-refractivity contribution is 7.99. The maximum Gasteiger partial charge on any atom is 0.314 e. The van der Waals surface area contributed by atoms with Gasteiger partial charge in [-0.2, -0.15) is 11.8 Å². The minimum absolute atomic E-state index is 0.166. The van der Waals surface area contributed by atoms with Crippen molar-refractivity contribution in [3.8, 4) is 0 Å². The summed E-state index contributed by atoms with van der Waals surface area (Å²) < 4.78 is 0. The van der Waals surface area contributed by atoms with Crippen LogP contribution in [0.3, 0.4) is 0 Å². The third-order valence-electron chi connectivity index (χ3n) is 3.63. The Labute approximate surface area is 119 Å². The number of carbonyl (C=O) groups is 2. The third kappa shape index (κ3) is 6.18. The third-order valence-corrected chi connectivity index (χ3v) is 4.67. The second kappa shape index (κ2) is 9.07. The van der Waals surface area contributed by atoms with Crippen LogP contribution in [0, 0.1) is 5.41 Å². The number of aliphatic carboxylic acids is 1. The van der Waals surface area contributed by atoms with Crippen LogP contribution in [0.2, 0.25) is 0 Å². The largest absolute Gasteiger partial charge is 0.481 e. The van der Waals surface area contributed by atoms with Gasteiger partial charge in [-0.25, -0.2) is 4.79 Å². The first kappa shape index (κ1) is 18.1. The SMILES string of the molecule is CCC(CC)(CNC(=O)NCCC(C)SC)C(=O)O. The smallest absolute Gasteiger partial charge is 0.314 e. The van der Waals surface area contributed by atoms with Crippen molar-refractivity contribution in [3.05, 3.63) is 0 Å². The van der Waals surface area contributed by atoms with Crippen LogP contribution in [0.1, 0.15) is 40.0 Å². The molecule has 0 radical (unpaired) electrons. The number of thioether (sulfide) groups is 1. The summed E-state index contributed by atoms with van der Waals surface area (Å²) in [6.45, 7) is 6.54. The minimum Gasteiger partial charge on any atom is -0.481 e. The fraction of sp³-hybridized carbons (Fsp3) is 0.846. The van der Waals surface area contributed by atoms with Crippen LogP contribution in [0.4, 0.5) is 4.79 Å². The van der Waals surface area contributed by atoms with Gasteiger partial charge in [-0.15, -0.1) is 0 Å². The number of carbonyl (C=O) groups excluding carboxylic acids is 1. The van der Waals surface area contributed by atoms with Gasteiger partial charge < -0.3 is 15.7 Å². The molecular formula is C13H26N2O3S. The lowest BCUT2D eigenvalue weighted by Crippen LogP contribution is -2.46. The van der Waals surface area contributed by atoms with Crippen LogP contribution in [-0.2, 0) is 4.79 Å². The number of carboxylic acids is 1. The molecule has 0 aliphatic heterocycles. The number of carboxylic acid groups (broad SMARTS) is 1. The average molecular weight is 290 g/mol. The van der Waals surface area contributed by atoms with Crippen LogP contribution >= 0.6 is 11.8 Å². The fourth-order valence-corrected chi connectivity index (χ4v) is 2.05. The Hall–Kier alpha value is -0.910. The highest BCUT2D eigenvalue weighted by Gasteiger charge is 2.35. The first-order valence-electron chi connectivity index (χ1n) is 6.69. The number of urea groups is 1. The summed E-state index contributed by atoms with van der Waals surface area (Å²) in [6, 6.07) is -0.291. The predicted octanol–water partition coefficient (Wildman–Crippen LogP) is 2.32. The van der Waals surface area contributed by atoms with Gasteiger partial charge in [-0.3, -0.25) is 4.79 Å². The van der Waals surface area contributed by atoms with E-state index in [0.717, 1.165) is 6.42 Å². The Kier molecular flexibility index (Phi) is 8.63. The Morgan fingerprint density at radius 1 is 1.26 bits per heavy atom. The van der Waals surface area contributed by atoms with Crippen molar-refractivity contribution in [1.82, 2.24) is 10.6 Å². The quantitative estimate of drug-likeness (QED) is 0.609. The molecule has 0 fully saturated rings. The minimum atomic E-state index is -0.857. The molecule has 0 spiro atoms. The summed E-state index contributed by atoms with van der Waals surface area (Å²) in [7, 11) is 0. The van der Waals surface area contributed by atoms with E-state index in [0.29, 0.717) is 24.6 Å². The molecule has 0 rings (SSSR count). The maximum absolute atomic E-state index is 11.6. The topological polar surface area (TPSA) is 78.4 Å². The van der Waals surface area contributed by atoms with Gasteiger partial charge in [0.1, 0.15) is 0 Å². The van der Waals surface area contributed by atoms with Gasteiger partial charge in [-0.1, -0.05) is 20.8 Å². The molecule has 19 heavy (non-hydrogen) atoms. The molecule has 0 saturated heterocycles. The molecule has 1 atom stereocenters. The lowest BCUT2D eigenvalue weighted by Gasteiger charge is -2.26. The number of hydrogen-bond donors (Lipinski definition) is 3. The summed E-state index contributed by atoms with van der Waals surface area (Å²) in [5.41, 5.74) is -0.857. The second-order valence-corrected chi connectivity index (χ2v) is 6.01. The van der Waals surface area contributed by atoms with Gasteiger partial charge in [0.2, 0.25) is 0 Å². The van der Waals surface area contributed by atoms with Crippen molar-refractivity contribution in [1.29, 1.82) is 0 Å². The van der Waals surface area contributed by atoms with Gasteiger partial charge in [0.05, 0.1) is 5.41 Å². The van der Waals surface area contributed by atoms with Crippen molar-refractivity contribution >= 4 is 23.8 Å². The number of nitrogens with one attached hydrogen (secondary N) is 2. The van der Waals surface area contributed by atoms with E-state index in [1.165, 1.54) is 0 Å². The van der Waals surface area contributed by atoms with E-state index < -0.39 is 11.4 Å². The van der Waals surface area contributed by atoms with Gasteiger partial charge in [0.25, 0.3) is 0 Å². The number of rotatable bonds is 9. The standard InChI is InChI=1S/C13H26N2O3S/c1-5-13(6-2,11(16)17)9-15-12(18)14-8-7-10(3)19-4/h10H,5-9H2,1-4H3,(H,16,17)(H2,14,15,18). The van der Waals surface area contributed by atoms with E-state index in [1.54, 1.807) is 11.8 Å². The van der Waals surface area contributed by atoms with Crippen molar-refractivity contribution in [2.75, 3.05) is 19.3 Å². The molecule has 3 N–H and O–H groups in total. The molecule has 0 aromatic heterocycles. The summed E-state index contributed by atoms with van der Waals surface area (Å²) >= 11 is 1.76. The molecule has 0 aliphatic rings. The normalized spacial score (nSPS) is 12.8. The molecule has 5 nitrogen and oxygen atoms in total. The lowest BCUT2D eigenvalue weighted by molar-refractivity contribution is -0.149. The van der Waals surface area contributed by atoms with E-state index in [1.807, 2.05) is 20.1 Å². The van der Waals surface area contributed by atoms with Crippen LogP contribution in [0.15, 0.2) is 0 Å². The van der Waals surface area contributed by atoms with E-state index in [2.05, 4.69) is 17.6 Å². The van der Waals surface area contributed by atoms with Crippen molar-refractivity contribution < 1.29 is 14.7 Å². The van der Waals surface area contributed by atoms with E-state index in [4.69, 9.17) is 0 Å². The molecule has 112 valence electrons. The second-order valence-electron chi connectivity index (χ2n) is 4.74. The summed E-state index contributed by atoms with van der Waals surface area (Å²) in [6.07, 6.45) is 3.94. The van der Waals surface area contributed by atoms with Gasteiger partial charge >= 0.3 is 12.0 Å². The molecule has 2 amide bonds. The van der Waals surface area contributed by atoms with Crippen LogP contribution < -0.4 is 10.6 Å². The summed E-state index contributed by atoms with van der Waals surface area (Å²) in [5, 5.41) is 15.2. The molecule has 0 aromatic rings. The highest BCUT2D eigenvalue weighted by Crippen LogP contribution is 2.25. The number of amides is 2. The predicted molar refractivity (Wildman–Crippen MR) is 79.6 cm³/mol. The van der Waals surface area contributed by atoms with Crippen molar-refractivity contribution in [2.45, 2.75) is 45.3 Å². The lowest BCUT2D eigenvalue weighted by atomic mass is 9.82. The van der Waals surface area contributed by atoms with Gasteiger partial charge in [-0.05, 0) is 25.5 Å². The molecule has 0 heterocycles. The zero-order chi connectivity index (χ0) is 14.9. The Balaban J connectivity index is 4.10. The average Bonchev–Trinajstić information content (AvgIpc) is 2.39. The zero-order valence-corrected chi connectivity index (χ0v) is 13.1. The van der Waals surface area contributed by atoms with Gasteiger partial charge in [0, 0.05) is 18.3 Å². The zero-order valence-electron chi connectivity index (χ0n) is 12.3. The molecule has 0 saturated carbocycles. The first-order chi connectivity index (χ1) is 8.91. The Morgan fingerprint density at radius 3 is 2.26 bits per heavy atom. The molecule has 0 bridgehead atoms. The van der Waals surface area contributed by atoms with Crippen LogP contribution in [-0.4, -0.2) is 41.7 Å². The van der Waals surface area contributed by atoms with E-state index in [9.17, 15) is 14.7 Å². The summed E-state index contributed by atoms with van der Waals surface area (Å²) in [4.78, 5) is 22.9.